The van der Waals surface area contributed by atoms with Gasteiger partial charge in [0.15, 0.2) is 5.65 Å². The van der Waals surface area contributed by atoms with Crippen molar-refractivity contribution >= 4 is 11.5 Å². The number of nitrogens with zero attached hydrogens (tertiary/aromatic N) is 3. The fraction of sp³-hybridized carbons (Fsp3) is 0.583. The van der Waals surface area contributed by atoms with E-state index >= 15 is 0 Å². The summed E-state index contributed by atoms with van der Waals surface area (Å²) in [7, 11) is 0. The Labute approximate surface area is 111 Å². The molecule has 0 radical (unpaired) electrons. The van der Waals surface area contributed by atoms with Crippen LogP contribution in [0.15, 0.2) is 17.2 Å². The monoisotopic (exact) mass is 264 g/mol. The van der Waals surface area contributed by atoms with Gasteiger partial charge in [-0.05, 0) is 11.8 Å². The maximum Gasteiger partial charge on any atom is 0.348 e. The minimum absolute atomic E-state index is 0.0550. The van der Waals surface area contributed by atoms with Gasteiger partial charge < -0.3 is 11.1 Å². The molecule has 0 bridgehead atoms. The summed E-state index contributed by atoms with van der Waals surface area (Å²) in [6.45, 7) is 7.11. The number of hydrogen-bond donors (Lipinski definition) is 3. The van der Waals surface area contributed by atoms with Gasteiger partial charge in [0.05, 0.1) is 0 Å². The Morgan fingerprint density at radius 2 is 2.26 bits per heavy atom. The molecule has 1 atom stereocenters. The van der Waals surface area contributed by atoms with E-state index in [1.807, 2.05) is 0 Å². The number of anilines is 1. The highest BCUT2D eigenvalue weighted by molar-refractivity contribution is 5.48. The number of nitrogens with two attached hydrogens (primary N) is 1. The first-order valence-corrected chi connectivity index (χ1v) is 6.27. The van der Waals surface area contributed by atoms with E-state index in [-0.39, 0.29) is 17.1 Å². The zero-order valence-corrected chi connectivity index (χ0v) is 11.5. The molecule has 2 aromatic heterocycles. The molecular formula is C12H20N6O. The Morgan fingerprint density at radius 1 is 1.53 bits per heavy atom. The zero-order chi connectivity index (χ0) is 14.0. The maximum absolute atomic E-state index is 11.3. The Balaban J connectivity index is 2.00. The summed E-state index contributed by atoms with van der Waals surface area (Å²) < 4.78 is 1.35. The normalized spacial score (nSPS) is 13.7. The van der Waals surface area contributed by atoms with Crippen LogP contribution in [0.3, 0.4) is 0 Å². The summed E-state index contributed by atoms with van der Waals surface area (Å²) in [5.74, 6) is 0.663. The Kier molecular flexibility index (Phi) is 3.57. The van der Waals surface area contributed by atoms with E-state index in [2.05, 4.69) is 41.3 Å². The van der Waals surface area contributed by atoms with Crippen LogP contribution in [0.4, 0.5) is 5.82 Å². The van der Waals surface area contributed by atoms with Crippen molar-refractivity contribution in [2.75, 3.05) is 11.9 Å². The second-order valence-electron chi connectivity index (χ2n) is 5.94. The van der Waals surface area contributed by atoms with Crippen molar-refractivity contribution in [3.05, 3.63) is 22.9 Å². The smallest absolute Gasteiger partial charge is 0.348 e. The number of fused-ring (bicyclic) bond motifs is 1. The lowest BCUT2D eigenvalue weighted by molar-refractivity contribution is 0.344. The second-order valence-corrected chi connectivity index (χ2v) is 5.94. The number of rotatable bonds is 4. The first kappa shape index (κ1) is 13.5. The number of hydrogen-bond acceptors (Lipinski definition) is 5. The number of H-pyrrole nitrogens is 1. The van der Waals surface area contributed by atoms with Gasteiger partial charge in [0, 0.05) is 18.7 Å². The van der Waals surface area contributed by atoms with Crippen LogP contribution in [0.25, 0.3) is 5.65 Å². The largest absolute Gasteiger partial charge is 0.368 e. The molecular weight excluding hydrogens is 244 g/mol. The lowest BCUT2D eigenvalue weighted by Crippen LogP contribution is -2.33. The third-order valence-electron chi connectivity index (χ3n) is 2.73. The first-order chi connectivity index (χ1) is 8.85. The molecule has 2 rings (SSSR count). The van der Waals surface area contributed by atoms with Crippen LogP contribution >= 0.6 is 0 Å². The number of nitrogens with one attached hydrogen (secondary N) is 2. The van der Waals surface area contributed by atoms with E-state index in [1.54, 1.807) is 6.07 Å². The van der Waals surface area contributed by atoms with Crippen molar-refractivity contribution in [1.29, 1.82) is 0 Å². The Bertz CT molecular complexity index is 608. The summed E-state index contributed by atoms with van der Waals surface area (Å²) in [6.07, 6.45) is 2.36. The highest BCUT2D eigenvalue weighted by Crippen LogP contribution is 2.19. The summed E-state index contributed by atoms with van der Waals surface area (Å²) in [6, 6.07) is 1.77. The van der Waals surface area contributed by atoms with Gasteiger partial charge in [-0.1, -0.05) is 20.8 Å². The minimum Gasteiger partial charge on any atom is -0.368 e. The van der Waals surface area contributed by atoms with Crippen molar-refractivity contribution in [3.8, 4) is 0 Å². The van der Waals surface area contributed by atoms with Crippen molar-refractivity contribution in [2.45, 2.75) is 33.2 Å². The highest BCUT2D eigenvalue weighted by Gasteiger charge is 2.15. The zero-order valence-electron chi connectivity index (χ0n) is 11.5. The molecule has 0 saturated heterocycles. The van der Waals surface area contributed by atoms with E-state index in [0.717, 1.165) is 6.42 Å². The van der Waals surface area contributed by atoms with Crippen molar-refractivity contribution < 1.29 is 0 Å². The van der Waals surface area contributed by atoms with E-state index in [0.29, 0.717) is 18.0 Å². The average Bonchev–Trinajstić information content (AvgIpc) is 2.66. The van der Waals surface area contributed by atoms with Gasteiger partial charge in [0.1, 0.15) is 12.1 Å². The molecule has 19 heavy (non-hydrogen) atoms. The second kappa shape index (κ2) is 5.00. The lowest BCUT2D eigenvalue weighted by atomic mass is 9.88. The first-order valence-electron chi connectivity index (χ1n) is 6.27. The highest BCUT2D eigenvalue weighted by atomic mass is 16.1. The van der Waals surface area contributed by atoms with Crippen LogP contribution in [-0.4, -0.2) is 32.2 Å². The molecule has 0 saturated carbocycles. The summed E-state index contributed by atoms with van der Waals surface area (Å²) >= 11 is 0. The van der Waals surface area contributed by atoms with Gasteiger partial charge >= 0.3 is 5.69 Å². The van der Waals surface area contributed by atoms with Gasteiger partial charge in [-0.15, -0.1) is 0 Å². The molecule has 0 aliphatic heterocycles. The molecule has 7 nitrogen and oxygen atoms in total. The van der Waals surface area contributed by atoms with Crippen LogP contribution in [0.1, 0.15) is 27.2 Å². The summed E-state index contributed by atoms with van der Waals surface area (Å²) in [5, 5.41) is 9.41. The van der Waals surface area contributed by atoms with Gasteiger partial charge in [-0.3, -0.25) is 0 Å². The molecule has 0 aromatic carbocycles. The minimum atomic E-state index is -0.293. The van der Waals surface area contributed by atoms with Crippen LogP contribution in [0, 0.1) is 5.41 Å². The van der Waals surface area contributed by atoms with Crippen LogP contribution in [0.2, 0.25) is 0 Å². The third-order valence-corrected chi connectivity index (χ3v) is 2.73. The van der Waals surface area contributed by atoms with Gasteiger partial charge in [0.25, 0.3) is 0 Å². The fourth-order valence-electron chi connectivity index (χ4n) is 2.00. The molecule has 2 aromatic rings. The number of aromatic nitrogens is 4. The van der Waals surface area contributed by atoms with E-state index in [1.165, 1.54) is 10.7 Å². The lowest BCUT2D eigenvalue weighted by Gasteiger charge is -2.23. The number of aromatic amines is 1. The summed E-state index contributed by atoms with van der Waals surface area (Å²) in [4.78, 5) is 15.4. The average molecular weight is 264 g/mol. The van der Waals surface area contributed by atoms with Gasteiger partial charge in [-0.2, -0.15) is 5.10 Å². The molecule has 0 fully saturated rings. The standard InChI is InChI=1S/C12H20N6O/c1-12(2,3)5-8(13)6-14-9-4-10-16-17-11(19)18(10)7-15-9/h4,7-8,14H,5-6,13H2,1-3H3,(H,17,19). The van der Waals surface area contributed by atoms with E-state index in [9.17, 15) is 4.79 Å². The molecule has 4 N–H and O–H groups in total. The van der Waals surface area contributed by atoms with E-state index in [4.69, 9.17) is 5.73 Å². The molecule has 1 unspecified atom stereocenters. The SMILES string of the molecule is CC(C)(C)CC(N)CNc1cc2n[nH]c(=O)n2cn1. The molecule has 104 valence electrons. The topological polar surface area (TPSA) is 101 Å². The predicted molar refractivity (Wildman–Crippen MR) is 74.1 cm³/mol. The van der Waals surface area contributed by atoms with Crippen LogP contribution in [-0.2, 0) is 0 Å². The fourth-order valence-corrected chi connectivity index (χ4v) is 2.00. The van der Waals surface area contributed by atoms with Crippen molar-refractivity contribution in [3.63, 3.8) is 0 Å². The Morgan fingerprint density at radius 3 is 2.95 bits per heavy atom. The molecule has 7 heteroatoms. The van der Waals surface area contributed by atoms with Crippen LogP contribution < -0.4 is 16.7 Å². The Hall–Kier alpha value is -1.89. The molecule has 0 spiro atoms. The van der Waals surface area contributed by atoms with Gasteiger partial charge in [0.2, 0.25) is 0 Å². The van der Waals surface area contributed by atoms with Crippen LogP contribution in [0.5, 0.6) is 0 Å². The van der Waals surface area contributed by atoms with Gasteiger partial charge in [-0.25, -0.2) is 19.3 Å². The summed E-state index contributed by atoms with van der Waals surface area (Å²) in [5.41, 5.74) is 6.50. The predicted octanol–water partition coefficient (Wildman–Crippen LogP) is 0.593. The molecule has 0 aliphatic rings. The quantitative estimate of drug-likeness (QED) is 0.750. The third kappa shape index (κ3) is 3.54. The van der Waals surface area contributed by atoms with Crippen molar-refractivity contribution in [1.82, 2.24) is 19.6 Å². The molecule has 2 heterocycles. The molecule has 0 amide bonds. The molecule has 0 aliphatic carbocycles. The van der Waals surface area contributed by atoms with E-state index < -0.39 is 0 Å². The maximum atomic E-state index is 11.3. The van der Waals surface area contributed by atoms with Crippen molar-refractivity contribution in [2.24, 2.45) is 11.1 Å².